The summed E-state index contributed by atoms with van der Waals surface area (Å²) in [6.07, 6.45) is 4.98. The fraction of sp³-hybridized carbons (Fsp3) is 0.800. The Morgan fingerprint density at radius 2 is 2.11 bits per heavy atom. The molecular weight excluding hydrogens is 304 g/mol. The Bertz CT molecular complexity index is 430. The van der Waals surface area contributed by atoms with E-state index in [1.165, 1.54) is 5.69 Å². The lowest BCUT2D eigenvalue weighted by molar-refractivity contribution is 0.0509. The fourth-order valence-corrected chi connectivity index (χ4v) is 3.89. The van der Waals surface area contributed by atoms with Gasteiger partial charge in [0.1, 0.15) is 0 Å². The maximum absolute atomic E-state index is 10.2. The Balaban J connectivity index is 2.19. The lowest BCUT2D eigenvalue weighted by Gasteiger charge is -2.31. The lowest BCUT2D eigenvalue weighted by Crippen LogP contribution is -2.30. The maximum Gasteiger partial charge on any atom is 0.0766 e. The molecule has 3 atom stereocenters. The van der Waals surface area contributed by atoms with Crippen LogP contribution < -0.4 is 0 Å². The zero-order chi connectivity index (χ0) is 14.0. The van der Waals surface area contributed by atoms with Crippen molar-refractivity contribution < 1.29 is 5.11 Å². The predicted molar refractivity (Wildman–Crippen MR) is 81.2 cm³/mol. The molecule has 1 N–H and O–H groups in total. The summed E-state index contributed by atoms with van der Waals surface area (Å²) in [6, 6.07) is 0. The summed E-state index contributed by atoms with van der Waals surface area (Å²) in [5, 5.41) is 14.9. The summed E-state index contributed by atoms with van der Waals surface area (Å²) < 4.78 is 3.25. The van der Waals surface area contributed by atoms with Gasteiger partial charge in [-0.1, -0.05) is 13.8 Å². The number of rotatable bonds is 4. The Morgan fingerprint density at radius 1 is 1.37 bits per heavy atom. The van der Waals surface area contributed by atoms with E-state index in [0.717, 1.165) is 54.7 Å². The minimum absolute atomic E-state index is 0.145. The highest BCUT2D eigenvalue weighted by molar-refractivity contribution is 9.10. The Morgan fingerprint density at radius 3 is 2.74 bits per heavy atom. The second-order valence-corrected chi connectivity index (χ2v) is 6.62. The number of nitrogens with zero attached hydrogens (tertiary/aromatic N) is 2. The molecule has 1 aliphatic rings. The molecule has 0 amide bonds. The summed E-state index contributed by atoms with van der Waals surface area (Å²) in [7, 11) is 0. The summed E-state index contributed by atoms with van der Waals surface area (Å²) in [5.74, 6) is 1.11. The van der Waals surface area contributed by atoms with Crippen LogP contribution in [-0.2, 0) is 19.4 Å². The number of aliphatic hydroxyl groups is 1. The number of hydrogen-bond acceptors (Lipinski definition) is 2. The van der Waals surface area contributed by atoms with Crippen LogP contribution in [-0.4, -0.2) is 21.0 Å². The summed E-state index contributed by atoms with van der Waals surface area (Å²) in [5.41, 5.74) is 2.40. The van der Waals surface area contributed by atoms with Gasteiger partial charge in [0.25, 0.3) is 0 Å². The van der Waals surface area contributed by atoms with Crippen molar-refractivity contribution >= 4 is 15.9 Å². The molecule has 0 aliphatic heterocycles. The van der Waals surface area contributed by atoms with Gasteiger partial charge in [0.05, 0.1) is 22.0 Å². The van der Waals surface area contributed by atoms with E-state index in [1.54, 1.807) is 0 Å². The molecule has 1 aliphatic carbocycles. The number of halogens is 1. The molecule has 0 saturated heterocycles. The van der Waals surface area contributed by atoms with E-state index in [-0.39, 0.29) is 6.10 Å². The van der Waals surface area contributed by atoms with Crippen molar-refractivity contribution in [3.63, 3.8) is 0 Å². The maximum atomic E-state index is 10.2. The first kappa shape index (κ1) is 15.0. The van der Waals surface area contributed by atoms with E-state index in [1.807, 2.05) is 0 Å². The predicted octanol–water partition coefficient (Wildman–Crippen LogP) is 3.57. The van der Waals surface area contributed by atoms with Gasteiger partial charge >= 0.3 is 0 Å². The Hall–Kier alpha value is -0.350. The van der Waals surface area contributed by atoms with Crippen LogP contribution >= 0.6 is 15.9 Å². The molecule has 1 heterocycles. The van der Waals surface area contributed by atoms with Crippen molar-refractivity contribution in [2.45, 2.75) is 65.5 Å². The van der Waals surface area contributed by atoms with Crippen LogP contribution in [0.15, 0.2) is 4.47 Å². The highest BCUT2D eigenvalue weighted by Crippen LogP contribution is 2.34. The second kappa shape index (κ2) is 6.40. The van der Waals surface area contributed by atoms with Crippen molar-refractivity contribution in [2.24, 2.45) is 11.8 Å². The third kappa shape index (κ3) is 3.22. The Kier molecular flexibility index (Phi) is 5.07. The molecule has 108 valence electrons. The molecule has 1 saturated carbocycles. The van der Waals surface area contributed by atoms with Gasteiger partial charge in [-0.05, 0) is 66.8 Å². The number of aromatic nitrogens is 2. The van der Waals surface area contributed by atoms with Crippen LogP contribution in [0.25, 0.3) is 0 Å². The van der Waals surface area contributed by atoms with Crippen LogP contribution in [0, 0.1) is 11.8 Å². The van der Waals surface area contributed by atoms with Crippen LogP contribution in [0.3, 0.4) is 0 Å². The monoisotopic (exact) mass is 328 g/mol. The first-order chi connectivity index (χ1) is 9.06. The van der Waals surface area contributed by atoms with Crippen molar-refractivity contribution in [1.82, 2.24) is 9.78 Å². The first-order valence-corrected chi connectivity index (χ1v) is 8.28. The highest BCUT2D eigenvalue weighted by Gasteiger charge is 2.29. The molecule has 4 heteroatoms. The minimum Gasteiger partial charge on any atom is -0.393 e. The van der Waals surface area contributed by atoms with Crippen molar-refractivity contribution in [3.8, 4) is 0 Å². The smallest absolute Gasteiger partial charge is 0.0766 e. The molecule has 0 aromatic carbocycles. The molecule has 19 heavy (non-hydrogen) atoms. The fourth-order valence-electron chi connectivity index (χ4n) is 3.16. The van der Waals surface area contributed by atoms with E-state index in [4.69, 9.17) is 0 Å². The lowest BCUT2D eigenvalue weighted by atomic mass is 9.78. The number of aliphatic hydroxyl groups excluding tert-OH is 1. The van der Waals surface area contributed by atoms with Crippen LogP contribution in [0.5, 0.6) is 0 Å². The van der Waals surface area contributed by atoms with Crippen molar-refractivity contribution in [1.29, 1.82) is 0 Å². The standard InChI is InChI=1S/C15H25BrN2O/c1-4-12-15(16)13(18(5-2)17-12)9-11-8-10(3)6-7-14(11)19/h10-11,14,19H,4-9H2,1-3H3. The average Bonchev–Trinajstić information content (AvgIpc) is 2.70. The molecule has 3 nitrogen and oxygen atoms in total. The zero-order valence-electron chi connectivity index (χ0n) is 12.2. The van der Waals surface area contributed by atoms with Crippen LogP contribution in [0.2, 0.25) is 0 Å². The first-order valence-electron chi connectivity index (χ1n) is 7.48. The largest absolute Gasteiger partial charge is 0.393 e. The third-order valence-electron chi connectivity index (χ3n) is 4.35. The van der Waals surface area contributed by atoms with Crippen molar-refractivity contribution in [3.05, 3.63) is 15.9 Å². The molecule has 1 fully saturated rings. The minimum atomic E-state index is -0.145. The summed E-state index contributed by atoms with van der Waals surface area (Å²) >= 11 is 3.70. The van der Waals surface area contributed by atoms with Crippen molar-refractivity contribution in [2.75, 3.05) is 0 Å². The van der Waals surface area contributed by atoms with Gasteiger partial charge < -0.3 is 5.11 Å². The molecule has 0 radical (unpaired) electrons. The van der Waals surface area contributed by atoms with E-state index in [0.29, 0.717) is 5.92 Å². The average molecular weight is 329 g/mol. The molecule has 1 aromatic rings. The summed E-state index contributed by atoms with van der Waals surface area (Å²) in [6.45, 7) is 7.45. The third-order valence-corrected chi connectivity index (χ3v) is 5.27. The van der Waals surface area contributed by atoms with Gasteiger partial charge in [0.15, 0.2) is 0 Å². The molecule has 3 unspecified atom stereocenters. The van der Waals surface area contributed by atoms with Gasteiger partial charge in [0, 0.05) is 6.54 Å². The topological polar surface area (TPSA) is 38.0 Å². The van der Waals surface area contributed by atoms with E-state index in [2.05, 4.69) is 46.5 Å². The molecule has 2 rings (SSSR count). The molecular formula is C15H25BrN2O. The van der Waals surface area contributed by atoms with E-state index >= 15 is 0 Å². The van der Waals surface area contributed by atoms with Gasteiger partial charge in [-0.3, -0.25) is 4.68 Å². The van der Waals surface area contributed by atoms with E-state index in [9.17, 15) is 5.11 Å². The molecule has 0 spiro atoms. The quantitative estimate of drug-likeness (QED) is 0.917. The molecule has 0 bridgehead atoms. The normalized spacial score (nSPS) is 27.7. The number of aryl methyl sites for hydroxylation is 2. The second-order valence-electron chi connectivity index (χ2n) is 5.83. The SMILES string of the molecule is CCc1nn(CC)c(CC2CC(C)CCC2O)c1Br. The van der Waals surface area contributed by atoms with Crippen LogP contribution in [0.1, 0.15) is 51.4 Å². The summed E-state index contributed by atoms with van der Waals surface area (Å²) in [4.78, 5) is 0. The molecule has 1 aromatic heterocycles. The zero-order valence-corrected chi connectivity index (χ0v) is 13.8. The van der Waals surface area contributed by atoms with Crippen LogP contribution in [0.4, 0.5) is 0 Å². The highest BCUT2D eigenvalue weighted by atomic mass is 79.9. The van der Waals surface area contributed by atoms with Gasteiger partial charge in [-0.25, -0.2) is 0 Å². The number of hydrogen-bond donors (Lipinski definition) is 1. The Labute approximate surface area is 124 Å². The van der Waals surface area contributed by atoms with Gasteiger partial charge in [-0.15, -0.1) is 0 Å². The van der Waals surface area contributed by atoms with E-state index < -0.39 is 0 Å². The van der Waals surface area contributed by atoms with Gasteiger partial charge in [-0.2, -0.15) is 5.10 Å². The van der Waals surface area contributed by atoms with Gasteiger partial charge in [0.2, 0.25) is 0 Å².